The summed E-state index contributed by atoms with van der Waals surface area (Å²) in [6.07, 6.45) is 10.1. The molecule has 3 fully saturated rings. The lowest BCUT2D eigenvalue weighted by Gasteiger charge is -2.37. The molecule has 0 aromatic carbocycles. The molecule has 1 amide bonds. The average Bonchev–Trinajstić information content (AvgIpc) is 3.02. The van der Waals surface area contributed by atoms with Crippen LogP contribution in [0.1, 0.15) is 37.7 Å². The van der Waals surface area contributed by atoms with Crippen LogP contribution < -0.4 is 0 Å². The number of hydrogen-bond acceptors (Lipinski definition) is 3. The highest BCUT2D eigenvalue weighted by Gasteiger charge is 2.35. The lowest BCUT2D eigenvalue weighted by Crippen LogP contribution is -2.50. The van der Waals surface area contributed by atoms with Crippen LogP contribution in [0.3, 0.4) is 0 Å². The Labute approximate surface area is 125 Å². The summed E-state index contributed by atoms with van der Waals surface area (Å²) in [5.41, 5.74) is 1.31. The molecule has 2 aliphatic heterocycles. The van der Waals surface area contributed by atoms with Crippen LogP contribution in [0, 0.1) is 5.92 Å². The topological polar surface area (TPSA) is 41.4 Å². The van der Waals surface area contributed by atoms with E-state index in [4.69, 9.17) is 0 Å². The number of rotatable bonds is 4. The number of amides is 1. The number of fused-ring (bicyclic) bond motifs is 1. The number of carbonyl (C=O) groups excluding carboxylic acids is 1. The van der Waals surface area contributed by atoms with Crippen LogP contribution in [0.5, 0.6) is 0 Å². The van der Waals surface area contributed by atoms with E-state index in [0.717, 1.165) is 51.5 Å². The predicted octanol–water partition coefficient (Wildman–Crippen LogP) is 1.49. The molecular weight excluding hydrogens is 264 g/mol. The first-order valence-electron chi connectivity index (χ1n) is 8.31. The van der Waals surface area contributed by atoms with E-state index in [1.807, 2.05) is 6.20 Å². The first kappa shape index (κ1) is 13.3. The first-order chi connectivity index (χ1) is 10.3. The lowest BCUT2D eigenvalue weighted by molar-refractivity contribution is -0.130. The zero-order chi connectivity index (χ0) is 14.2. The highest BCUT2D eigenvalue weighted by molar-refractivity contribution is 5.78. The Hall–Kier alpha value is -1.36. The third kappa shape index (κ3) is 2.71. The Bertz CT molecular complexity index is 522. The fraction of sp³-hybridized carbons (Fsp3) is 0.750. The van der Waals surface area contributed by atoms with Crippen LogP contribution in [0.4, 0.5) is 0 Å². The summed E-state index contributed by atoms with van der Waals surface area (Å²) in [5, 5.41) is 4.51. The highest BCUT2D eigenvalue weighted by atomic mass is 16.2. The Morgan fingerprint density at radius 2 is 2.14 bits per heavy atom. The predicted molar refractivity (Wildman–Crippen MR) is 79.6 cm³/mol. The maximum atomic E-state index is 11.7. The van der Waals surface area contributed by atoms with Gasteiger partial charge in [-0.15, -0.1) is 0 Å². The van der Waals surface area contributed by atoms with Crippen LogP contribution in [0.25, 0.3) is 0 Å². The minimum absolute atomic E-state index is 0.355. The van der Waals surface area contributed by atoms with E-state index in [0.29, 0.717) is 11.9 Å². The van der Waals surface area contributed by atoms with Gasteiger partial charge < -0.3 is 4.90 Å². The fourth-order valence-corrected chi connectivity index (χ4v) is 3.86. The van der Waals surface area contributed by atoms with Crippen LogP contribution in [-0.4, -0.2) is 51.2 Å². The number of aromatic nitrogens is 2. The highest BCUT2D eigenvalue weighted by Crippen LogP contribution is 2.28. The van der Waals surface area contributed by atoms with Crippen molar-refractivity contribution < 1.29 is 4.79 Å². The first-order valence-corrected chi connectivity index (χ1v) is 8.31. The van der Waals surface area contributed by atoms with Gasteiger partial charge >= 0.3 is 0 Å². The Kier molecular flexibility index (Phi) is 3.45. The van der Waals surface area contributed by atoms with Gasteiger partial charge in [-0.25, -0.2) is 0 Å². The molecule has 1 unspecified atom stereocenters. The van der Waals surface area contributed by atoms with E-state index < -0.39 is 0 Å². The molecule has 0 bridgehead atoms. The van der Waals surface area contributed by atoms with Gasteiger partial charge in [0.2, 0.25) is 5.91 Å². The largest absolute Gasteiger partial charge is 0.337 e. The number of nitrogens with zero attached hydrogens (tertiary/aromatic N) is 4. The molecule has 114 valence electrons. The van der Waals surface area contributed by atoms with Gasteiger partial charge in [-0.05, 0) is 25.2 Å². The van der Waals surface area contributed by atoms with Crippen molar-refractivity contribution >= 4 is 5.91 Å². The number of carbonyl (C=O) groups is 1. The summed E-state index contributed by atoms with van der Waals surface area (Å²) in [6, 6.07) is 0.455. The van der Waals surface area contributed by atoms with Crippen molar-refractivity contribution in [3.63, 3.8) is 0 Å². The van der Waals surface area contributed by atoms with Crippen LogP contribution in [0.2, 0.25) is 0 Å². The van der Waals surface area contributed by atoms with E-state index in [9.17, 15) is 4.79 Å². The van der Waals surface area contributed by atoms with Crippen molar-refractivity contribution in [2.24, 2.45) is 5.92 Å². The van der Waals surface area contributed by atoms with Gasteiger partial charge in [-0.3, -0.25) is 14.4 Å². The van der Waals surface area contributed by atoms with Gasteiger partial charge in [0.05, 0.1) is 6.20 Å². The molecular formula is C16H24N4O. The lowest BCUT2D eigenvalue weighted by atomic mass is 9.85. The smallest absolute Gasteiger partial charge is 0.222 e. The quantitative estimate of drug-likeness (QED) is 0.843. The maximum absolute atomic E-state index is 11.7. The molecule has 0 spiro atoms. The molecule has 5 nitrogen and oxygen atoms in total. The average molecular weight is 288 g/mol. The van der Waals surface area contributed by atoms with Gasteiger partial charge in [0, 0.05) is 56.9 Å². The van der Waals surface area contributed by atoms with E-state index in [1.165, 1.54) is 24.8 Å². The van der Waals surface area contributed by atoms with Crippen molar-refractivity contribution in [3.05, 3.63) is 18.0 Å². The Morgan fingerprint density at radius 1 is 1.24 bits per heavy atom. The van der Waals surface area contributed by atoms with Crippen molar-refractivity contribution in [1.29, 1.82) is 0 Å². The second-order valence-electron chi connectivity index (χ2n) is 6.88. The third-order valence-corrected chi connectivity index (χ3v) is 5.34. The van der Waals surface area contributed by atoms with Gasteiger partial charge in [0.25, 0.3) is 0 Å². The van der Waals surface area contributed by atoms with Gasteiger partial charge in [0.15, 0.2) is 0 Å². The van der Waals surface area contributed by atoms with E-state index in [2.05, 4.69) is 25.8 Å². The summed E-state index contributed by atoms with van der Waals surface area (Å²) >= 11 is 0. The number of hydrogen-bond donors (Lipinski definition) is 0. The van der Waals surface area contributed by atoms with E-state index >= 15 is 0 Å². The second kappa shape index (κ2) is 5.44. The monoisotopic (exact) mass is 288 g/mol. The van der Waals surface area contributed by atoms with Crippen molar-refractivity contribution in [3.8, 4) is 0 Å². The molecule has 1 atom stereocenters. The molecule has 21 heavy (non-hydrogen) atoms. The molecule has 3 heterocycles. The van der Waals surface area contributed by atoms with Crippen LogP contribution in [-0.2, 0) is 17.9 Å². The molecule has 0 radical (unpaired) electrons. The van der Waals surface area contributed by atoms with Crippen molar-refractivity contribution in [2.45, 2.75) is 51.2 Å². The standard InChI is InChI=1S/C16H24N4O/c21-16-5-4-15-12-18(6-7-20(15)16)9-14-8-17-19(11-14)10-13-2-1-3-13/h8,11,13,15H,1-7,9-10,12H2. The summed E-state index contributed by atoms with van der Waals surface area (Å²) in [6.45, 7) is 4.99. The minimum atomic E-state index is 0.355. The summed E-state index contributed by atoms with van der Waals surface area (Å²) in [4.78, 5) is 16.3. The van der Waals surface area contributed by atoms with Crippen molar-refractivity contribution in [2.75, 3.05) is 19.6 Å². The summed E-state index contributed by atoms with van der Waals surface area (Å²) in [5.74, 6) is 1.21. The molecule has 3 aliphatic rings. The molecule has 2 saturated heterocycles. The van der Waals surface area contributed by atoms with E-state index in [1.54, 1.807) is 0 Å². The normalized spacial score (nSPS) is 27.0. The van der Waals surface area contributed by atoms with E-state index in [-0.39, 0.29) is 0 Å². The van der Waals surface area contributed by atoms with Gasteiger partial charge in [0.1, 0.15) is 0 Å². The van der Waals surface area contributed by atoms with Gasteiger partial charge in [-0.1, -0.05) is 6.42 Å². The zero-order valence-corrected chi connectivity index (χ0v) is 12.6. The minimum Gasteiger partial charge on any atom is -0.337 e. The van der Waals surface area contributed by atoms with Crippen LogP contribution >= 0.6 is 0 Å². The Morgan fingerprint density at radius 3 is 2.95 bits per heavy atom. The third-order valence-electron chi connectivity index (χ3n) is 5.34. The number of piperazine rings is 1. The molecule has 1 aromatic heterocycles. The van der Waals surface area contributed by atoms with Crippen molar-refractivity contribution in [1.82, 2.24) is 19.6 Å². The molecule has 5 heteroatoms. The molecule has 4 rings (SSSR count). The van der Waals surface area contributed by atoms with Crippen LogP contribution in [0.15, 0.2) is 12.4 Å². The Balaban J connectivity index is 1.32. The summed E-state index contributed by atoms with van der Waals surface area (Å²) in [7, 11) is 0. The fourth-order valence-electron chi connectivity index (χ4n) is 3.86. The maximum Gasteiger partial charge on any atom is 0.222 e. The molecule has 1 saturated carbocycles. The zero-order valence-electron chi connectivity index (χ0n) is 12.6. The molecule has 0 N–H and O–H groups in total. The molecule has 1 aromatic rings. The second-order valence-corrected chi connectivity index (χ2v) is 6.88. The summed E-state index contributed by atoms with van der Waals surface area (Å²) < 4.78 is 2.12. The molecule has 1 aliphatic carbocycles. The van der Waals surface area contributed by atoms with Gasteiger partial charge in [-0.2, -0.15) is 5.10 Å². The SMILES string of the molecule is O=C1CCC2CN(Cc3cnn(CC4CCC4)c3)CCN12.